The molecule has 0 heterocycles. The lowest BCUT2D eigenvalue weighted by atomic mass is 9.96. The summed E-state index contributed by atoms with van der Waals surface area (Å²) in [7, 11) is 0. The summed E-state index contributed by atoms with van der Waals surface area (Å²) >= 11 is 12.2. The number of benzene rings is 1. The van der Waals surface area contributed by atoms with Gasteiger partial charge < -0.3 is 5.32 Å². The molecule has 0 aliphatic heterocycles. The summed E-state index contributed by atoms with van der Waals surface area (Å²) in [5.74, 6) is 0.605. The van der Waals surface area contributed by atoms with E-state index < -0.39 is 0 Å². The SMILES string of the molecule is CCC(CNC(C)C)Cc1cccc(Cl)c1Cl. The summed E-state index contributed by atoms with van der Waals surface area (Å²) in [5, 5.41) is 4.83. The number of rotatable bonds is 6. The predicted molar refractivity (Wildman–Crippen MR) is 77.1 cm³/mol. The summed E-state index contributed by atoms with van der Waals surface area (Å²) in [4.78, 5) is 0. The molecule has 1 aromatic carbocycles. The fourth-order valence-electron chi connectivity index (χ4n) is 1.78. The zero-order valence-electron chi connectivity index (χ0n) is 10.8. The van der Waals surface area contributed by atoms with E-state index in [2.05, 4.69) is 32.2 Å². The van der Waals surface area contributed by atoms with Crippen molar-refractivity contribution in [3.8, 4) is 0 Å². The van der Waals surface area contributed by atoms with Crippen molar-refractivity contribution in [2.24, 2.45) is 5.92 Å². The third-order valence-electron chi connectivity index (χ3n) is 2.93. The maximum absolute atomic E-state index is 6.20. The van der Waals surface area contributed by atoms with Crippen molar-refractivity contribution in [3.63, 3.8) is 0 Å². The van der Waals surface area contributed by atoms with Crippen LogP contribution in [0.3, 0.4) is 0 Å². The van der Waals surface area contributed by atoms with Crippen molar-refractivity contribution in [1.29, 1.82) is 0 Å². The van der Waals surface area contributed by atoms with Crippen LogP contribution in [0.25, 0.3) is 0 Å². The summed E-state index contributed by atoms with van der Waals surface area (Å²) in [6.07, 6.45) is 2.12. The van der Waals surface area contributed by atoms with Crippen molar-refractivity contribution < 1.29 is 0 Å². The lowest BCUT2D eigenvalue weighted by Crippen LogP contribution is -2.29. The summed E-state index contributed by atoms with van der Waals surface area (Å²) < 4.78 is 0. The van der Waals surface area contributed by atoms with Gasteiger partial charge in [-0.2, -0.15) is 0 Å². The molecule has 1 rings (SSSR count). The Kier molecular flexibility index (Phi) is 6.32. The number of halogens is 2. The Balaban J connectivity index is 2.64. The van der Waals surface area contributed by atoms with Crippen LogP contribution in [0.15, 0.2) is 18.2 Å². The Morgan fingerprint density at radius 1 is 1.24 bits per heavy atom. The van der Waals surface area contributed by atoms with Gasteiger partial charge in [-0.3, -0.25) is 0 Å². The van der Waals surface area contributed by atoms with Gasteiger partial charge in [-0.05, 0) is 30.5 Å². The molecule has 0 saturated carbocycles. The first kappa shape index (κ1) is 14.8. The van der Waals surface area contributed by atoms with Gasteiger partial charge in [0.15, 0.2) is 0 Å². The average Bonchev–Trinajstić information content (AvgIpc) is 2.29. The third-order valence-corrected chi connectivity index (χ3v) is 3.79. The van der Waals surface area contributed by atoms with Gasteiger partial charge in [-0.25, -0.2) is 0 Å². The molecule has 3 heteroatoms. The Hall–Kier alpha value is -0.240. The standard InChI is InChI=1S/C14H21Cl2N/c1-4-11(9-17-10(2)3)8-12-6-5-7-13(15)14(12)16/h5-7,10-11,17H,4,8-9H2,1-3H3. The first-order chi connectivity index (χ1) is 8.04. The molecule has 0 aromatic heterocycles. The van der Waals surface area contributed by atoms with Crippen molar-refractivity contribution in [2.75, 3.05) is 6.54 Å². The quantitative estimate of drug-likeness (QED) is 0.801. The minimum atomic E-state index is 0.527. The summed E-state index contributed by atoms with van der Waals surface area (Å²) in [5.41, 5.74) is 1.15. The van der Waals surface area contributed by atoms with Crippen LogP contribution in [-0.4, -0.2) is 12.6 Å². The number of hydrogen-bond donors (Lipinski definition) is 1. The van der Waals surface area contributed by atoms with Gasteiger partial charge >= 0.3 is 0 Å². The van der Waals surface area contributed by atoms with E-state index in [1.807, 2.05) is 12.1 Å². The Bertz CT molecular complexity index is 350. The number of nitrogens with one attached hydrogen (secondary N) is 1. The highest BCUT2D eigenvalue weighted by atomic mass is 35.5. The first-order valence-electron chi connectivity index (χ1n) is 6.20. The number of hydrogen-bond acceptors (Lipinski definition) is 1. The van der Waals surface area contributed by atoms with Gasteiger partial charge in [-0.15, -0.1) is 0 Å². The molecule has 0 aliphatic carbocycles. The van der Waals surface area contributed by atoms with E-state index >= 15 is 0 Å². The monoisotopic (exact) mass is 273 g/mol. The van der Waals surface area contributed by atoms with Crippen molar-refractivity contribution in [1.82, 2.24) is 5.32 Å². The van der Waals surface area contributed by atoms with E-state index in [1.165, 1.54) is 0 Å². The molecule has 1 N–H and O–H groups in total. The lowest BCUT2D eigenvalue weighted by Gasteiger charge is -2.18. The summed E-state index contributed by atoms with van der Waals surface area (Å²) in [6.45, 7) is 7.57. The van der Waals surface area contributed by atoms with Gasteiger partial charge in [0.1, 0.15) is 0 Å². The molecule has 1 atom stereocenters. The zero-order chi connectivity index (χ0) is 12.8. The molecule has 0 amide bonds. The third kappa shape index (κ3) is 4.87. The zero-order valence-corrected chi connectivity index (χ0v) is 12.3. The fourth-order valence-corrected chi connectivity index (χ4v) is 2.18. The predicted octanol–water partition coefficient (Wildman–Crippen LogP) is 4.56. The largest absolute Gasteiger partial charge is 0.314 e. The molecule has 0 fully saturated rings. The molecule has 0 saturated heterocycles. The van der Waals surface area contributed by atoms with E-state index in [0.717, 1.165) is 24.9 Å². The molecular formula is C14H21Cl2N. The molecule has 1 aromatic rings. The molecule has 0 bridgehead atoms. The van der Waals surface area contributed by atoms with Crippen LogP contribution >= 0.6 is 23.2 Å². The minimum absolute atomic E-state index is 0.527. The maximum atomic E-state index is 6.20. The van der Waals surface area contributed by atoms with Crippen LogP contribution in [0, 0.1) is 5.92 Å². The fraction of sp³-hybridized carbons (Fsp3) is 0.571. The maximum Gasteiger partial charge on any atom is 0.0624 e. The van der Waals surface area contributed by atoms with Crippen LogP contribution in [0.1, 0.15) is 32.8 Å². The van der Waals surface area contributed by atoms with Crippen LogP contribution in [-0.2, 0) is 6.42 Å². The second kappa shape index (κ2) is 7.25. The molecule has 1 unspecified atom stereocenters. The van der Waals surface area contributed by atoms with Gasteiger partial charge in [0.05, 0.1) is 10.0 Å². The first-order valence-corrected chi connectivity index (χ1v) is 6.96. The normalized spacial score (nSPS) is 13.1. The lowest BCUT2D eigenvalue weighted by molar-refractivity contribution is 0.436. The van der Waals surface area contributed by atoms with E-state index in [9.17, 15) is 0 Å². The highest BCUT2D eigenvalue weighted by Crippen LogP contribution is 2.27. The van der Waals surface area contributed by atoms with E-state index in [-0.39, 0.29) is 0 Å². The molecule has 17 heavy (non-hydrogen) atoms. The average molecular weight is 274 g/mol. The van der Waals surface area contributed by atoms with Gasteiger partial charge in [-0.1, -0.05) is 62.5 Å². The van der Waals surface area contributed by atoms with Gasteiger partial charge in [0.25, 0.3) is 0 Å². The molecule has 0 spiro atoms. The molecule has 0 aliphatic rings. The molecular weight excluding hydrogens is 253 g/mol. The van der Waals surface area contributed by atoms with Crippen molar-refractivity contribution >= 4 is 23.2 Å². The van der Waals surface area contributed by atoms with Gasteiger partial charge in [0.2, 0.25) is 0 Å². The Morgan fingerprint density at radius 3 is 2.53 bits per heavy atom. The van der Waals surface area contributed by atoms with E-state index in [4.69, 9.17) is 23.2 Å². The van der Waals surface area contributed by atoms with Crippen LogP contribution < -0.4 is 5.32 Å². The molecule has 0 radical (unpaired) electrons. The van der Waals surface area contributed by atoms with Crippen molar-refractivity contribution in [3.05, 3.63) is 33.8 Å². The van der Waals surface area contributed by atoms with Crippen LogP contribution in [0.2, 0.25) is 10.0 Å². The Morgan fingerprint density at radius 2 is 1.94 bits per heavy atom. The highest BCUT2D eigenvalue weighted by Gasteiger charge is 2.11. The van der Waals surface area contributed by atoms with E-state index in [1.54, 1.807) is 0 Å². The topological polar surface area (TPSA) is 12.0 Å². The molecule has 1 nitrogen and oxygen atoms in total. The second-order valence-corrected chi connectivity index (χ2v) is 5.54. The second-order valence-electron chi connectivity index (χ2n) is 4.75. The highest BCUT2D eigenvalue weighted by molar-refractivity contribution is 6.42. The van der Waals surface area contributed by atoms with Crippen molar-refractivity contribution in [2.45, 2.75) is 39.7 Å². The summed E-state index contributed by atoms with van der Waals surface area (Å²) in [6, 6.07) is 6.39. The van der Waals surface area contributed by atoms with Crippen LogP contribution in [0.4, 0.5) is 0 Å². The van der Waals surface area contributed by atoms with E-state index in [0.29, 0.717) is 22.0 Å². The Labute approximate surface area is 115 Å². The van der Waals surface area contributed by atoms with Gasteiger partial charge in [0, 0.05) is 6.04 Å². The minimum Gasteiger partial charge on any atom is -0.314 e. The van der Waals surface area contributed by atoms with Crippen LogP contribution in [0.5, 0.6) is 0 Å². The molecule has 96 valence electrons. The smallest absolute Gasteiger partial charge is 0.0624 e.